The Labute approximate surface area is 138 Å². The minimum Gasteiger partial charge on any atom is -0.376 e. The first-order valence-electron chi connectivity index (χ1n) is 7.56. The quantitative estimate of drug-likeness (QED) is 0.779. The van der Waals surface area contributed by atoms with E-state index in [4.69, 9.17) is 4.74 Å². The van der Waals surface area contributed by atoms with E-state index in [1.807, 2.05) is 10.8 Å². The smallest absolute Gasteiger partial charge is 0.325 e. The first kappa shape index (κ1) is 15.9. The summed E-state index contributed by atoms with van der Waals surface area (Å²) < 4.78 is 5.42. The standard InChI is InChI=1S/C15H19N3O4S/c1-15(10-4-6-23-9-10)13(20)18(14(21)17-15)8-12(19)16-7-11-3-2-5-22-11/h4,6,9,11H,2-3,5,7-8H2,1H3,(H,16,19)(H,17,21)/t11-,15-/m0/s1. The minimum absolute atomic E-state index is 0.0260. The predicted molar refractivity (Wildman–Crippen MR) is 83.9 cm³/mol. The Balaban J connectivity index is 1.60. The van der Waals surface area contributed by atoms with Crippen LogP contribution in [-0.2, 0) is 19.9 Å². The number of amides is 4. The van der Waals surface area contributed by atoms with Crippen molar-refractivity contribution in [2.45, 2.75) is 31.4 Å². The number of imide groups is 1. The molecule has 124 valence electrons. The van der Waals surface area contributed by atoms with Crippen LogP contribution in [0.4, 0.5) is 4.79 Å². The maximum Gasteiger partial charge on any atom is 0.325 e. The third-order valence-electron chi connectivity index (χ3n) is 4.23. The Hall–Kier alpha value is -1.93. The molecule has 0 spiro atoms. The second kappa shape index (κ2) is 6.29. The zero-order valence-electron chi connectivity index (χ0n) is 12.8. The lowest BCUT2D eigenvalue weighted by Crippen LogP contribution is -2.44. The molecule has 2 fully saturated rings. The van der Waals surface area contributed by atoms with Crippen molar-refractivity contribution in [3.05, 3.63) is 22.4 Å². The van der Waals surface area contributed by atoms with Crippen LogP contribution in [0.1, 0.15) is 25.3 Å². The summed E-state index contributed by atoms with van der Waals surface area (Å²) in [6.07, 6.45) is 1.93. The van der Waals surface area contributed by atoms with E-state index in [1.165, 1.54) is 11.3 Å². The van der Waals surface area contributed by atoms with Crippen molar-refractivity contribution >= 4 is 29.2 Å². The SMILES string of the molecule is C[C@@]1(c2ccsc2)NC(=O)N(CC(=O)NC[C@@H]2CCCO2)C1=O. The topological polar surface area (TPSA) is 87.7 Å². The largest absolute Gasteiger partial charge is 0.376 e. The number of nitrogens with one attached hydrogen (secondary N) is 2. The Kier molecular flexibility index (Phi) is 4.36. The number of hydrogen-bond acceptors (Lipinski definition) is 5. The molecule has 2 saturated heterocycles. The number of hydrogen-bond donors (Lipinski definition) is 2. The lowest BCUT2D eigenvalue weighted by molar-refractivity contribution is -0.134. The van der Waals surface area contributed by atoms with E-state index in [-0.39, 0.29) is 18.6 Å². The van der Waals surface area contributed by atoms with E-state index >= 15 is 0 Å². The molecule has 8 heteroatoms. The van der Waals surface area contributed by atoms with Gasteiger partial charge in [0.25, 0.3) is 5.91 Å². The normalized spacial score (nSPS) is 27.3. The van der Waals surface area contributed by atoms with Gasteiger partial charge in [-0.2, -0.15) is 11.3 Å². The Morgan fingerprint density at radius 2 is 2.39 bits per heavy atom. The maximum absolute atomic E-state index is 12.6. The lowest BCUT2D eigenvalue weighted by atomic mass is 9.95. The van der Waals surface area contributed by atoms with E-state index < -0.39 is 17.5 Å². The lowest BCUT2D eigenvalue weighted by Gasteiger charge is -2.20. The van der Waals surface area contributed by atoms with Gasteiger partial charge >= 0.3 is 6.03 Å². The van der Waals surface area contributed by atoms with Gasteiger partial charge in [0.15, 0.2) is 0 Å². The maximum atomic E-state index is 12.6. The molecule has 2 aliphatic rings. The predicted octanol–water partition coefficient (Wildman–Crippen LogP) is 0.810. The first-order chi connectivity index (χ1) is 11.0. The molecule has 1 aromatic rings. The number of carbonyl (C=O) groups is 3. The van der Waals surface area contributed by atoms with Gasteiger partial charge in [0.1, 0.15) is 12.1 Å². The van der Waals surface area contributed by atoms with Crippen LogP contribution >= 0.6 is 11.3 Å². The molecule has 2 atom stereocenters. The highest BCUT2D eigenvalue weighted by Crippen LogP contribution is 2.29. The molecule has 0 radical (unpaired) electrons. The average Bonchev–Trinajstić information content (AvgIpc) is 3.25. The molecule has 0 aliphatic carbocycles. The molecular formula is C15H19N3O4S. The number of ether oxygens (including phenoxy) is 1. The summed E-state index contributed by atoms with van der Waals surface area (Å²) >= 11 is 1.45. The van der Waals surface area contributed by atoms with Crippen LogP contribution in [-0.4, -0.2) is 48.5 Å². The van der Waals surface area contributed by atoms with Crippen LogP contribution < -0.4 is 10.6 Å². The molecule has 3 heterocycles. The molecular weight excluding hydrogens is 318 g/mol. The molecule has 23 heavy (non-hydrogen) atoms. The van der Waals surface area contributed by atoms with E-state index in [0.29, 0.717) is 13.2 Å². The summed E-state index contributed by atoms with van der Waals surface area (Å²) in [4.78, 5) is 37.6. The van der Waals surface area contributed by atoms with Gasteiger partial charge in [-0.25, -0.2) is 4.79 Å². The number of nitrogens with zero attached hydrogens (tertiary/aromatic N) is 1. The Bertz CT molecular complexity index is 612. The van der Waals surface area contributed by atoms with Crippen molar-refractivity contribution in [2.24, 2.45) is 0 Å². The van der Waals surface area contributed by atoms with Gasteiger partial charge in [-0.05, 0) is 42.2 Å². The van der Waals surface area contributed by atoms with Crippen LogP contribution in [0, 0.1) is 0 Å². The number of carbonyl (C=O) groups excluding carboxylic acids is 3. The molecule has 7 nitrogen and oxygen atoms in total. The number of thiophene rings is 1. The van der Waals surface area contributed by atoms with Crippen LogP contribution in [0.5, 0.6) is 0 Å². The van der Waals surface area contributed by atoms with Crippen molar-refractivity contribution in [3.8, 4) is 0 Å². The molecule has 3 rings (SSSR count). The van der Waals surface area contributed by atoms with Crippen molar-refractivity contribution < 1.29 is 19.1 Å². The molecule has 0 unspecified atom stereocenters. The summed E-state index contributed by atoms with van der Waals surface area (Å²) in [6, 6.07) is 1.25. The summed E-state index contributed by atoms with van der Waals surface area (Å²) in [7, 11) is 0. The molecule has 0 aromatic carbocycles. The summed E-state index contributed by atoms with van der Waals surface area (Å²) in [5.41, 5.74) is -0.380. The van der Waals surface area contributed by atoms with Crippen LogP contribution in [0.3, 0.4) is 0 Å². The summed E-state index contributed by atoms with van der Waals surface area (Å²) in [5.74, 6) is -0.772. The zero-order chi connectivity index (χ0) is 16.4. The van der Waals surface area contributed by atoms with E-state index in [2.05, 4.69) is 10.6 Å². The third-order valence-corrected chi connectivity index (χ3v) is 4.91. The second-order valence-corrected chi connectivity index (χ2v) is 6.68. The van der Waals surface area contributed by atoms with Crippen molar-refractivity contribution in [2.75, 3.05) is 19.7 Å². The van der Waals surface area contributed by atoms with Gasteiger partial charge < -0.3 is 15.4 Å². The fourth-order valence-corrected chi connectivity index (χ4v) is 3.58. The van der Waals surface area contributed by atoms with E-state index in [0.717, 1.165) is 23.3 Å². The van der Waals surface area contributed by atoms with Crippen molar-refractivity contribution in [1.29, 1.82) is 0 Å². The van der Waals surface area contributed by atoms with Gasteiger partial charge in [-0.3, -0.25) is 14.5 Å². The van der Waals surface area contributed by atoms with Crippen LogP contribution in [0.25, 0.3) is 0 Å². The second-order valence-electron chi connectivity index (χ2n) is 5.90. The highest BCUT2D eigenvalue weighted by Gasteiger charge is 2.49. The highest BCUT2D eigenvalue weighted by atomic mass is 32.1. The number of urea groups is 1. The van der Waals surface area contributed by atoms with Crippen LogP contribution in [0.15, 0.2) is 16.8 Å². The van der Waals surface area contributed by atoms with E-state index in [9.17, 15) is 14.4 Å². The fourth-order valence-electron chi connectivity index (χ4n) is 2.82. The number of rotatable bonds is 5. The van der Waals surface area contributed by atoms with Gasteiger partial charge in [-0.15, -0.1) is 0 Å². The summed E-state index contributed by atoms with van der Waals surface area (Å²) in [5, 5.41) is 9.06. The third kappa shape index (κ3) is 3.09. The fraction of sp³-hybridized carbons (Fsp3) is 0.533. The average molecular weight is 337 g/mol. The molecule has 1 aromatic heterocycles. The van der Waals surface area contributed by atoms with Gasteiger partial charge in [0.2, 0.25) is 5.91 Å². The molecule has 2 N–H and O–H groups in total. The zero-order valence-corrected chi connectivity index (χ0v) is 13.6. The first-order valence-corrected chi connectivity index (χ1v) is 8.50. The minimum atomic E-state index is -1.11. The Morgan fingerprint density at radius 3 is 3.04 bits per heavy atom. The Morgan fingerprint density at radius 1 is 1.57 bits per heavy atom. The molecule has 4 amide bonds. The highest BCUT2D eigenvalue weighted by molar-refractivity contribution is 7.08. The van der Waals surface area contributed by atoms with Gasteiger partial charge in [0.05, 0.1) is 6.10 Å². The van der Waals surface area contributed by atoms with Crippen molar-refractivity contribution in [3.63, 3.8) is 0 Å². The van der Waals surface area contributed by atoms with Gasteiger partial charge in [-0.1, -0.05) is 0 Å². The van der Waals surface area contributed by atoms with Crippen LogP contribution in [0.2, 0.25) is 0 Å². The van der Waals surface area contributed by atoms with Gasteiger partial charge in [0, 0.05) is 13.2 Å². The monoisotopic (exact) mass is 337 g/mol. The molecule has 2 aliphatic heterocycles. The summed E-state index contributed by atoms with van der Waals surface area (Å²) in [6.45, 7) is 2.49. The van der Waals surface area contributed by atoms with E-state index in [1.54, 1.807) is 13.0 Å². The van der Waals surface area contributed by atoms with Crippen molar-refractivity contribution in [1.82, 2.24) is 15.5 Å². The molecule has 0 saturated carbocycles. The molecule has 0 bridgehead atoms.